The molecule has 1 aromatic carbocycles. The van der Waals surface area contributed by atoms with Gasteiger partial charge in [0.05, 0.1) is 0 Å². The number of carbonyl (C=O) groups excluding carboxylic acids is 1. The third kappa shape index (κ3) is 5.13. The van der Waals surface area contributed by atoms with E-state index in [-0.39, 0.29) is 12.1 Å². The van der Waals surface area contributed by atoms with Gasteiger partial charge in [-0.1, -0.05) is 12.1 Å². The summed E-state index contributed by atoms with van der Waals surface area (Å²) in [5.41, 5.74) is 2.02. The molecule has 134 valence electrons. The number of nitrogens with one attached hydrogen (secondary N) is 1. The first kappa shape index (κ1) is 18.6. The van der Waals surface area contributed by atoms with E-state index in [9.17, 15) is 4.79 Å². The third-order valence-corrected chi connectivity index (χ3v) is 4.24. The number of rotatable bonds is 4. The van der Waals surface area contributed by atoms with Crippen LogP contribution in [0.3, 0.4) is 0 Å². The molecule has 1 fully saturated rings. The second kappa shape index (κ2) is 7.43. The predicted molar refractivity (Wildman–Crippen MR) is 98.5 cm³/mol. The summed E-state index contributed by atoms with van der Waals surface area (Å²) in [5, 5.41) is 3.63. The van der Waals surface area contributed by atoms with Crippen LogP contribution in [0.1, 0.15) is 45.7 Å². The van der Waals surface area contributed by atoms with Crippen LogP contribution in [0.25, 0.3) is 0 Å². The fourth-order valence-electron chi connectivity index (χ4n) is 2.90. The van der Waals surface area contributed by atoms with Crippen LogP contribution in [0, 0.1) is 0 Å². The summed E-state index contributed by atoms with van der Waals surface area (Å²) in [4.78, 5) is 16.0. The van der Waals surface area contributed by atoms with Crippen LogP contribution in [0.2, 0.25) is 0 Å². The summed E-state index contributed by atoms with van der Waals surface area (Å²) in [6.07, 6.45) is 0.745. The van der Waals surface area contributed by atoms with Gasteiger partial charge >= 0.3 is 6.09 Å². The Morgan fingerprint density at radius 3 is 2.46 bits per heavy atom. The first-order valence-electron chi connectivity index (χ1n) is 8.67. The molecular formula is C19H31N3O2. The quantitative estimate of drug-likeness (QED) is 0.917. The van der Waals surface area contributed by atoms with E-state index in [4.69, 9.17) is 4.74 Å². The SMILES string of the molecule is C[C@@H](N[C@H]1CCN(C(=O)OC(C)(C)C)C1)c1ccc(N(C)C)cc1. The van der Waals surface area contributed by atoms with Gasteiger partial charge in [-0.05, 0) is 51.8 Å². The first-order valence-corrected chi connectivity index (χ1v) is 8.67. The van der Waals surface area contributed by atoms with Crippen molar-refractivity contribution >= 4 is 11.8 Å². The Balaban J connectivity index is 1.87. The molecule has 0 aliphatic carbocycles. The monoisotopic (exact) mass is 333 g/mol. The van der Waals surface area contributed by atoms with Gasteiger partial charge in [0, 0.05) is 45.0 Å². The summed E-state index contributed by atoms with van der Waals surface area (Å²) in [6, 6.07) is 9.15. The second-order valence-corrected chi connectivity index (χ2v) is 7.79. The van der Waals surface area contributed by atoms with E-state index in [0.29, 0.717) is 12.6 Å². The Labute approximate surface area is 146 Å². The standard InChI is InChI=1S/C19H31N3O2/c1-14(15-7-9-17(10-8-15)21(5)6)20-16-11-12-22(13-16)18(23)24-19(2,3)4/h7-10,14,16,20H,11-13H2,1-6H3/t14-,16+/m1/s1. The fourth-order valence-corrected chi connectivity index (χ4v) is 2.90. The zero-order valence-corrected chi connectivity index (χ0v) is 15.8. The molecule has 24 heavy (non-hydrogen) atoms. The maximum absolute atomic E-state index is 12.1. The van der Waals surface area contributed by atoms with E-state index in [1.54, 1.807) is 4.90 Å². The molecule has 0 unspecified atom stereocenters. The number of anilines is 1. The van der Waals surface area contributed by atoms with Crippen LogP contribution in [0.15, 0.2) is 24.3 Å². The summed E-state index contributed by atoms with van der Waals surface area (Å²) in [5.74, 6) is 0. The van der Waals surface area contributed by atoms with E-state index < -0.39 is 5.60 Å². The largest absolute Gasteiger partial charge is 0.444 e. The van der Waals surface area contributed by atoms with Gasteiger partial charge in [-0.2, -0.15) is 0 Å². The molecule has 1 N–H and O–H groups in total. The number of benzene rings is 1. The highest BCUT2D eigenvalue weighted by Crippen LogP contribution is 2.21. The number of nitrogens with zero attached hydrogens (tertiary/aromatic N) is 2. The van der Waals surface area contributed by atoms with Crippen molar-refractivity contribution < 1.29 is 9.53 Å². The Bertz CT molecular complexity index is 549. The summed E-state index contributed by atoms with van der Waals surface area (Å²) < 4.78 is 5.45. The number of carbonyl (C=O) groups is 1. The number of ether oxygens (including phenoxy) is 1. The van der Waals surface area contributed by atoms with Gasteiger partial charge in [-0.3, -0.25) is 0 Å². The third-order valence-electron chi connectivity index (χ3n) is 4.24. The van der Waals surface area contributed by atoms with Crippen LogP contribution in [-0.2, 0) is 4.74 Å². The smallest absolute Gasteiger partial charge is 0.410 e. The van der Waals surface area contributed by atoms with Crippen LogP contribution in [0.4, 0.5) is 10.5 Å². The molecule has 0 spiro atoms. The number of amides is 1. The molecule has 0 aromatic heterocycles. The van der Waals surface area contributed by atoms with Crippen LogP contribution < -0.4 is 10.2 Å². The lowest BCUT2D eigenvalue weighted by atomic mass is 10.1. The molecule has 0 radical (unpaired) electrons. The van der Waals surface area contributed by atoms with Crippen LogP contribution in [-0.4, -0.2) is 49.8 Å². The van der Waals surface area contributed by atoms with Crippen molar-refractivity contribution in [1.82, 2.24) is 10.2 Å². The number of hydrogen-bond acceptors (Lipinski definition) is 4. The number of likely N-dealkylation sites (tertiary alicyclic amines) is 1. The second-order valence-electron chi connectivity index (χ2n) is 7.79. The van der Waals surface area contributed by atoms with Gasteiger partial charge in [0.15, 0.2) is 0 Å². The van der Waals surface area contributed by atoms with E-state index >= 15 is 0 Å². The Hall–Kier alpha value is -1.75. The Kier molecular flexibility index (Phi) is 5.75. The molecular weight excluding hydrogens is 302 g/mol. The minimum Gasteiger partial charge on any atom is -0.444 e. The van der Waals surface area contributed by atoms with Crippen molar-refractivity contribution in [2.24, 2.45) is 0 Å². The van der Waals surface area contributed by atoms with Gasteiger partial charge < -0.3 is 19.9 Å². The maximum Gasteiger partial charge on any atom is 0.410 e. The highest BCUT2D eigenvalue weighted by molar-refractivity contribution is 5.68. The van der Waals surface area contributed by atoms with Gasteiger partial charge in [-0.15, -0.1) is 0 Å². The summed E-state index contributed by atoms with van der Waals surface area (Å²) >= 11 is 0. The lowest BCUT2D eigenvalue weighted by Gasteiger charge is -2.25. The molecule has 5 heteroatoms. The van der Waals surface area contributed by atoms with Crippen molar-refractivity contribution in [3.63, 3.8) is 0 Å². The minimum absolute atomic E-state index is 0.213. The predicted octanol–water partition coefficient (Wildman–Crippen LogP) is 3.41. The van der Waals surface area contributed by atoms with Crippen molar-refractivity contribution in [2.75, 3.05) is 32.1 Å². The number of hydrogen-bond donors (Lipinski definition) is 1. The van der Waals surface area contributed by atoms with Gasteiger partial charge in [0.25, 0.3) is 0 Å². The van der Waals surface area contributed by atoms with Gasteiger partial charge in [0.1, 0.15) is 5.60 Å². The molecule has 1 amide bonds. The van der Waals surface area contributed by atoms with Crippen molar-refractivity contribution in [3.8, 4) is 0 Å². The molecule has 5 nitrogen and oxygen atoms in total. The topological polar surface area (TPSA) is 44.8 Å². The molecule has 1 heterocycles. The van der Waals surface area contributed by atoms with Crippen LogP contribution in [0.5, 0.6) is 0 Å². The van der Waals surface area contributed by atoms with E-state index in [0.717, 1.165) is 13.0 Å². The average Bonchev–Trinajstić information content (AvgIpc) is 2.94. The normalized spacial score (nSPS) is 19.2. The zero-order valence-electron chi connectivity index (χ0n) is 15.8. The molecule has 1 aliphatic heterocycles. The van der Waals surface area contributed by atoms with Gasteiger partial charge in [-0.25, -0.2) is 4.79 Å². The summed E-state index contributed by atoms with van der Waals surface area (Å²) in [6.45, 7) is 9.32. The Morgan fingerprint density at radius 2 is 1.92 bits per heavy atom. The van der Waals surface area contributed by atoms with Crippen molar-refractivity contribution in [1.29, 1.82) is 0 Å². The van der Waals surface area contributed by atoms with E-state index in [1.165, 1.54) is 11.3 Å². The van der Waals surface area contributed by atoms with E-state index in [2.05, 4.69) is 41.4 Å². The highest BCUT2D eigenvalue weighted by atomic mass is 16.6. The molecule has 1 aromatic rings. The molecule has 1 aliphatic rings. The maximum atomic E-state index is 12.1. The Morgan fingerprint density at radius 1 is 1.29 bits per heavy atom. The molecule has 0 bridgehead atoms. The van der Waals surface area contributed by atoms with Crippen molar-refractivity contribution in [3.05, 3.63) is 29.8 Å². The molecule has 2 rings (SSSR count). The van der Waals surface area contributed by atoms with E-state index in [1.807, 2.05) is 34.9 Å². The fraction of sp³-hybridized carbons (Fsp3) is 0.632. The lowest BCUT2D eigenvalue weighted by molar-refractivity contribution is 0.0290. The van der Waals surface area contributed by atoms with Crippen molar-refractivity contribution in [2.45, 2.75) is 51.8 Å². The zero-order chi connectivity index (χ0) is 17.9. The van der Waals surface area contributed by atoms with Crippen LogP contribution >= 0.6 is 0 Å². The molecule has 2 atom stereocenters. The average molecular weight is 333 g/mol. The minimum atomic E-state index is -0.440. The lowest BCUT2D eigenvalue weighted by Crippen LogP contribution is -2.39. The van der Waals surface area contributed by atoms with Gasteiger partial charge in [0.2, 0.25) is 0 Å². The highest BCUT2D eigenvalue weighted by Gasteiger charge is 2.30. The molecule has 0 saturated carbocycles. The molecule has 1 saturated heterocycles. The first-order chi connectivity index (χ1) is 11.2. The summed E-state index contributed by atoms with van der Waals surface area (Å²) in [7, 11) is 4.08.